The Labute approximate surface area is 119 Å². The Kier molecular flexibility index (Phi) is 3.65. The van der Waals surface area contributed by atoms with Crippen LogP contribution in [0.2, 0.25) is 0 Å². The lowest BCUT2D eigenvalue weighted by Crippen LogP contribution is -2.19. The van der Waals surface area contributed by atoms with Crippen LogP contribution in [0.3, 0.4) is 0 Å². The number of hydrogen-bond acceptors (Lipinski definition) is 4. The number of aryl methyl sites for hydroxylation is 2. The summed E-state index contributed by atoms with van der Waals surface area (Å²) in [6.07, 6.45) is 5.51. The molecule has 0 atom stereocenters. The zero-order valence-electron chi connectivity index (χ0n) is 11.8. The van der Waals surface area contributed by atoms with Crippen LogP contribution < -0.4 is 10.6 Å². The summed E-state index contributed by atoms with van der Waals surface area (Å²) in [6, 6.07) is 8.76. The maximum Gasteiger partial charge on any atom is 0.144 e. The quantitative estimate of drug-likeness (QED) is 0.922. The molecule has 2 aromatic rings. The van der Waals surface area contributed by atoms with E-state index in [-0.39, 0.29) is 0 Å². The lowest BCUT2D eigenvalue weighted by molar-refractivity contribution is 0.848. The Bertz CT molecular complexity index is 609. The molecule has 1 heterocycles. The molecule has 0 unspecified atom stereocenters. The van der Waals surface area contributed by atoms with Crippen LogP contribution in [0.25, 0.3) is 0 Å². The minimum atomic E-state index is 0.376. The summed E-state index contributed by atoms with van der Waals surface area (Å²) in [5.74, 6) is 1.60. The first-order valence-electron chi connectivity index (χ1n) is 7.10. The predicted molar refractivity (Wildman–Crippen MR) is 80.5 cm³/mol. The van der Waals surface area contributed by atoms with Gasteiger partial charge >= 0.3 is 0 Å². The van der Waals surface area contributed by atoms with E-state index in [4.69, 9.17) is 5.73 Å². The molecule has 104 valence electrons. The van der Waals surface area contributed by atoms with Crippen molar-refractivity contribution in [2.24, 2.45) is 5.73 Å². The minimum absolute atomic E-state index is 0.376. The van der Waals surface area contributed by atoms with Crippen LogP contribution in [0.1, 0.15) is 28.9 Å². The fraction of sp³-hybridized carbons (Fsp3) is 0.375. The molecule has 0 saturated carbocycles. The largest absolute Gasteiger partial charge is 0.355 e. The van der Waals surface area contributed by atoms with Gasteiger partial charge in [-0.3, -0.25) is 0 Å². The second-order valence-electron chi connectivity index (χ2n) is 5.35. The first kappa shape index (κ1) is 13.1. The number of nitrogens with two attached hydrogens (primary N) is 1. The maximum absolute atomic E-state index is 5.59. The van der Waals surface area contributed by atoms with Crippen molar-refractivity contribution in [3.8, 4) is 0 Å². The molecule has 3 rings (SSSR count). The third kappa shape index (κ3) is 2.65. The number of benzene rings is 1. The molecule has 0 radical (unpaired) electrons. The normalized spacial score (nSPS) is 13.3. The standard InChI is InChI=1S/C16H20N4/c1-20(16-7-8-18-15(10-17)19-16)11-12-5-6-13-3-2-4-14(13)9-12/h5-9H,2-4,10-11,17H2,1H3. The highest BCUT2D eigenvalue weighted by molar-refractivity contribution is 5.40. The van der Waals surface area contributed by atoms with E-state index in [1.165, 1.54) is 36.0 Å². The number of anilines is 1. The summed E-state index contributed by atoms with van der Waals surface area (Å²) in [5, 5.41) is 0. The van der Waals surface area contributed by atoms with Gasteiger partial charge in [0, 0.05) is 19.8 Å². The van der Waals surface area contributed by atoms with Gasteiger partial charge in [0.15, 0.2) is 0 Å². The second kappa shape index (κ2) is 5.59. The van der Waals surface area contributed by atoms with Crippen LogP contribution >= 0.6 is 0 Å². The van der Waals surface area contributed by atoms with Crippen molar-refractivity contribution in [3.63, 3.8) is 0 Å². The maximum atomic E-state index is 5.59. The molecule has 1 aliphatic rings. The topological polar surface area (TPSA) is 55.0 Å². The summed E-state index contributed by atoms with van der Waals surface area (Å²) < 4.78 is 0. The first-order valence-corrected chi connectivity index (χ1v) is 7.10. The number of aromatic nitrogens is 2. The zero-order chi connectivity index (χ0) is 13.9. The van der Waals surface area contributed by atoms with E-state index in [0.717, 1.165) is 12.4 Å². The van der Waals surface area contributed by atoms with E-state index in [1.807, 2.05) is 6.07 Å². The van der Waals surface area contributed by atoms with Crippen LogP contribution in [0.4, 0.5) is 5.82 Å². The Morgan fingerprint density at radius 2 is 2.05 bits per heavy atom. The summed E-state index contributed by atoms with van der Waals surface area (Å²) in [7, 11) is 2.05. The molecule has 0 spiro atoms. The van der Waals surface area contributed by atoms with E-state index in [2.05, 4.69) is 40.1 Å². The van der Waals surface area contributed by atoms with Gasteiger partial charge in [0.05, 0.1) is 6.54 Å². The van der Waals surface area contributed by atoms with Crippen LogP contribution in [-0.2, 0) is 25.9 Å². The van der Waals surface area contributed by atoms with Crippen LogP contribution in [-0.4, -0.2) is 17.0 Å². The van der Waals surface area contributed by atoms with Crippen LogP contribution in [0, 0.1) is 0 Å². The molecular weight excluding hydrogens is 248 g/mol. The van der Waals surface area contributed by atoms with Gasteiger partial charge in [-0.2, -0.15) is 0 Å². The molecule has 1 aliphatic carbocycles. The van der Waals surface area contributed by atoms with Gasteiger partial charge in [-0.1, -0.05) is 18.2 Å². The molecule has 4 heteroatoms. The van der Waals surface area contributed by atoms with Gasteiger partial charge in [-0.25, -0.2) is 9.97 Å². The van der Waals surface area contributed by atoms with E-state index < -0.39 is 0 Å². The minimum Gasteiger partial charge on any atom is -0.355 e. The molecule has 0 aliphatic heterocycles. The highest BCUT2D eigenvalue weighted by Gasteiger charge is 2.12. The third-order valence-electron chi connectivity index (χ3n) is 3.85. The molecule has 0 saturated heterocycles. The van der Waals surface area contributed by atoms with Gasteiger partial charge in [-0.15, -0.1) is 0 Å². The molecule has 1 aromatic heterocycles. The van der Waals surface area contributed by atoms with Crippen molar-refractivity contribution in [1.82, 2.24) is 9.97 Å². The molecular formula is C16H20N4. The van der Waals surface area contributed by atoms with Gasteiger partial charge < -0.3 is 10.6 Å². The Balaban J connectivity index is 1.76. The first-order chi connectivity index (χ1) is 9.76. The Morgan fingerprint density at radius 1 is 1.20 bits per heavy atom. The average Bonchev–Trinajstić information content (AvgIpc) is 2.95. The van der Waals surface area contributed by atoms with Crippen molar-refractivity contribution < 1.29 is 0 Å². The SMILES string of the molecule is CN(Cc1ccc2c(c1)CCC2)c1ccnc(CN)n1. The Hall–Kier alpha value is -1.94. The van der Waals surface area contributed by atoms with Gasteiger partial charge in [0.1, 0.15) is 11.6 Å². The van der Waals surface area contributed by atoms with Crippen LogP contribution in [0.15, 0.2) is 30.5 Å². The predicted octanol–water partition coefficient (Wildman–Crippen LogP) is 2.06. The highest BCUT2D eigenvalue weighted by atomic mass is 15.2. The molecule has 0 bridgehead atoms. The van der Waals surface area contributed by atoms with E-state index in [0.29, 0.717) is 12.4 Å². The van der Waals surface area contributed by atoms with Crippen molar-refractivity contribution in [2.75, 3.05) is 11.9 Å². The highest BCUT2D eigenvalue weighted by Crippen LogP contribution is 2.23. The second-order valence-corrected chi connectivity index (χ2v) is 5.35. The number of fused-ring (bicyclic) bond motifs is 1. The summed E-state index contributed by atoms with van der Waals surface area (Å²) in [5.41, 5.74) is 9.96. The summed E-state index contributed by atoms with van der Waals surface area (Å²) >= 11 is 0. The smallest absolute Gasteiger partial charge is 0.144 e. The third-order valence-corrected chi connectivity index (χ3v) is 3.85. The van der Waals surface area contributed by atoms with Crippen molar-refractivity contribution in [3.05, 3.63) is 53.0 Å². The van der Waals surface area contributed by atoms with Gasteiger partial charge in [-0.05, 0) is 42.0 Å². The lowest BCUT2D eigenvalue weighted by Gasteiger charge is -2.19. The lowest BCUT2D eigenvalue weighted by atomic mass is 10.1. The van der Waals surface area contributed by atoms with Crippen molar-refractivity contribution >= 4 is 5.82 Å². The van der Waals surface area contributed by atoms with Gasteiger partial charge in [0.2, 0.25) is 0 Å². The van der Waals surface area contributed by atoms with E-state index in [1.54, 1.807) is 6.20 Å². The molecule has 0 amide bonds. The zero-order valence-corrected chi connectivity index (χ0v) is 11.8. The van der Waals surface area contributed by atoms with E-state index >= 15 is 0 Å². The average molecular weight is 268 g/mol. The number of nitrogens with zero attached hydrogens (tertiary/aromatic N) is 3. The Morgan fingerprint density at radius 3 is 2.90 bits per heavy atom. The van der Waals surface area contributed by atoms with Crippen LogP contribution in [0.5, 0.6) is 0 Å². The van der Waals surface area contributed by atoms with Gasteiger partial charge in [0.25, 0.3) is 0 Å². The summed E-state index contributed by atoms with van der Waals surface area (Å²) in [6.45, 7) is 1.23. The monoisotopic (exact) mass is 268 g/mol. The fourth-order valence-corrected chi connectivity index (χ4v) is 2.78. The molecule has 4 nitrogen and oxygen atoms in total. The number of rotatable bonds is 4. The summed E-state index contributed by atoms with van der Waals surface area (Å²) in [4.78, 5) is 10.7. The molecule has 2 N–H and O–H groups in total. The van der Waals surface area contributed by atoms with Crippen molar-refractivity contribution in [1.29, 1.82) is 0 Å². The molecule has 0 fully saturated rings. The molecule has 1 aromatic carbocycles. The number of hydrogen-bond donors (Lipinski definition) is 1. The van der Waals surface area contributed by atoms with Crippen molar-refractivity contribution in [2.45, 2.75) is 32.4 Å². The molecule has 20 heavy (non-hydrogen) atoms. The fourth-order valence-electron chi connectivity index (χ4n) is 2.78. The van der Waals surface area contributed by atoms with E-state index in [9.17, 15) is 0 Å².